The Morgan fingerprint density at radius 3 is 2.24 bits per heavy atom. The molecule has 242 valence electrons. The number of nitrogens with zero attached hydrogens (tertiary/aromatic N) is 2. The van der Waals surface area contributed by atoms with Gasteiger partial charge >= 0.3 is 0 Å². The maximum atomic E-state index is 6.50. The second-order valence-electron chi connectivity index (χ2n) is 13.4. The van der Waals surface area contributed by atoms with Crippen LogP contribution in [0.4, 0.5) is 17.1 Å². The molecule has 3 heteroatoms. The summed E-state index contributed by atoms with van der Waals surface area (Å²) >= 11 is 0. The van der Waals surface area contributed by atoms with E-state index >= 15 is 0 Å². The molecule has 0 bridgehead atoms. The lowest BCUT2D eigenvalue weighted by molar-refractivity contribution is 0.665. The maximum Gasteiger partial charge on any atom is 0.140 e. The number of para-hydroxylation sites is 3. The lowest BCUT2D eigenvalue weighted by atomic mass is 9.87. The first-order valence-electron chi connectivity index (χ1n) is 17.5. The molecule has 0 atom stereocenters. The van der Waals surface area contributed by atoms with Gasteiger partial charge in [-0.3, -0.25) is 0 Å². The first-order chi connectivity index (χ1) is 24.6. The van der Waals surface area contributed by atoms with E-state index in [1.54, 1.807) is 0 Å². The summed E-state index contributed by atoms with van der Waals surface area (Å²) in [5, 5.41) is 4.81. The molecule has 0 radical (unpaired) electrons. The molecule has 0 N–H and O–H groups in total. The van der Waals surface area contributed by atoms with Crippen molar-refractivity contribution in [2.45, 2.75) is 32.6 Å². The molecule has 0 saturated carbocycles. The molecule has 1 aliphatic carbocycles. The average molecular weight is 647 g/mol. The van der Waals surface area contributed by atoms with Gasteiger partial charge in [0, 0.05) is 39.6 Å². The number of hydrogen-bond acceptors (Lipinski definition) is 3. The molecule has 9 rings (SSSR count). The Balaban J connectivity index is 1.22. The highest BCUT2D eigenvalue weighted by Crippen LogP contribution is 2.45. The van der Waals surface area contributed by atoms with Crippen LogP contribution in [0.2, 0.25) is 0 Å². The van der Waals surface area contributed by atoms with Crippen molar-refractivity contribution in [2.75, 3.05) is 9.80 Å². The Labute approximate surface area is 293 Å². The molecule has 1 aromatic heterocycles. The highest BCUT2D eigenvalue weighted by atomic mass is 16.3. The quantitative estimate of drug-likeness (QED) is 0.186. The number of hydrogen-bond donors (Lipinski definition) is 0. The number of furan rings is 1. The van der Waals surface area contributed by atoms with Crippen molar-refractivity contribution in [3.63, 3.8) is 0 Å². The smallest absolute Gasteiger partial charge is 0.140 e. The van der Waals surface area contributed by atoms with Crippen molar-refractivity contribution in [3.05, 3.63) is 192 Å². The molecule has 0 unspecified atom stereocenters. The van der Waals surface area contributed by atoms with Crippen LogP contribution in [0.15, 0.2) is 185 Å². The third-order valence-corrected chi connectivity index (χ3v) is 10.4. The van der Waals surface area contributed by atoms with Crippen molar-refractivity contribution in [3.8, 4) is 0 Å². The highest BCUT2D eigenvalue weighted by Gasteiger charge is 2.28. The molecule has 2 aliphatic rings. The summed E-state index contributed by atoms with van der Waals surface area (Å²) in [5.74, 6) is 0. The van der Waals surface area contributed by atoms with Crippen LogP contribution >= 0.6 is 0 Å². The van der Waals surface area contributed by atoms with Crippen LogP contribution in [-0.4, -0.2) is 0 Å². The summed E-state index contributed by atoms with van der Waals surface area (Å²) in [5.41, 5.74) is 13.9. The van der Waals surface area contributed by atoms with Crippen molar-refractivity contribution in [1.82, 2.24) is 0 Å². The molecular weight excluding hydrogens is 609 g/mol. The number of benzene rings is 6. The molecular formula is C47H38N2O. The largest absolute Gasteiger partial charge is 0.456 e. The van der Waals surface area contributed by atoms with Crippen LogP contribution in [0.25, 0.3) is 38.3 Å². The van der Waals surface area contributed by atoms with Gasteiger partial charge in [0.1, 0.15) is 11.2 Å². The van der Waals surface area contributed by atoms with E-state index in [1.807, 2.05) is 6.07 Å². The first-order valence-corrected chi connectivity index (χ1v) is 17.5. The van der Waals surface area contributed by atoms with E-state index in [1.165, 1.54) is 44.4 Å². The van der Waals surface area contributed by atoms with Crippen molar-refractivity contribution >= 4 is 55.3 Å². The van der Waals surface area contributed by atoms with Crippen LogP contribution in [0.5, 0.6) is 0 Å². The van der Waals surface area contributed by atoms with Crippen LogP contribution < -0.4 is 9.80 Å². The molecule has 50 heavy (non-hydrogen) atoms. The monoisotopic (exact) mass is 646 g/mol. The second kappa shape index (κ2) is 12.4. The van der Waals surface area contributed by atoms with Crippen LogP contribution in [0, 0.1) is 6.92 Å². The Bertz CT molecular complexity index is 2520. The summed E-state index contributed by atoms with van der Waals surface area (Å²) in [7, 11) is 0. The minimum atomic E-state index is 0.897. The molecule has 2 heterocycles. The van der Waals surface area contributed by atoms with Gasteiger partial charge < -0.3 is 14.2 Å². The van der Waals surface area contributed by atoms with E-state index in [0.717, 1.165) is 70.2 Å². The zero-order chi connectivity index (χ0) is 33.6. The molecule has 0 saturated heterocycles. The standard InChI is InChI=1S/C47H38N2O/c1-32-21-22-37(36-24-23-34-13-9-10-14-35(34)29-36)31-48(38-15-5-3-6-16-38)45-30-40(25-26-41(32)45)49(39-17-7-4-8-18-39)44-28-27-43-42-19-11-12-20-46(42)50-47(43)33(44)2/h3-20,23-24,27-31H,1,21-22,25-26H2,2H3/b37-31+. The normalized spacial score (nSPS) is 16.2. The lowest BCUT2D eigenvalue weighted by Gasteiger charge is -2.36. The molecule has 7 aromatic rings. The summed E-state index contributed by atoms with van der Waals surface area (Å²) < 4.78 is 6.50. The lowest BCUT2D eigenvalue weighted by Crippen LogP contribution is -2.25. The summed E-state index contributed by atoms with van der Waals surface area (Å²) in [6.07, 6.45) is 8.45. The fourth-order valence-corrected chi connectivity index (χ4v) is 7.78. The van der Waals surface area contributed by atoms with Gasteiger partial charge in [-0.15, -0.1) is 0 Å². The van der Waals surface area contributed by atoms with Gasteiger partial charge in [-0.2, -0.15) is 0 Å². The van der Waals surface area contributed by atoms with E-state index in [4.69, 9.17) is 11.0 Å². The molecule has 1 aliphatic heterocycles. The third-order valence-electron chi connectivity index (χ3n) is 10.4. The zero-order valence-corrected chi connectivity index (χ0v) is 28.3. The Morgan fingerprint density at radius 2 is 1.40 bits per heavy atom. The van der Waals surface area contributed by atoms with E-state index in [0.29, 0.717) is 0 Å². The van der Waals surface area contributed by atoms with Gasteiger partial charge in [0.05, 0.1) is 11.4 Å². The number of aryl methyl sites for hydroxylation is 1. The molecule has 0 fully saturated rings. The van der Waals surface area contributed by atoms with Crippen molar-refractivity contribution in [2.24, 2.45) is 0 Å². The SMILES string of the molecule is C=C1CC/C(c2ccc3ccccc3c2)=C\N(c2ccccc2)C2=C1CCC(N(c1ccccc1)c1ccc3c(oc4ccccc43)c1C)=C2. The van der Waals surface area contributed by atoms with Crippen molar-refractivity contribution < 1.29 is 4.42 Å². The summed E-state index contributed by atoms with van der Waals surface area (Å²) in [6, 6.07) is 49.8. The number of rotatable bonds is 5. The predicted octanol–water partition coefficient (Wildman–Crippen LogP) is 13.0. The van der Waals surface area contributed by atoms with E-state index in [-0.39, 0.29) is 0 Å². The van der Waals surface area contributed by atoms with Gasteiger partial charge in [-0.05, 0) is 120 Å². The zero-order valence-electron chi connectivity index (χ0n) is 28.3. The van der Waals surface area contributed by atoms with Gasteiger partial charge in [0.15, 0.2) is 0 Å². The fraction of sp³-hybridized carbons (Fsp3) is 0.106. The van der Waals surface area contributed by atoms with Crippen LogP contribution in [0.1, 0.15) is 36.8 Å². The predicted molar refractivity (Wildman–Crippen MR) is 211 cm³/mol. The Kier molecular flexibility index (Phi) is 7.47. The average Bonchev–Trinajstić information content (AvgIpc) is 3.55. The molecule has 0 amide bonds. The minimum Gasteiger partial charge on any atom is -0.456 e. The molecule has 6 aromatic carbocycles. The Hall–Kier alpha value is -6.06. The van der Waals surface area contributed by atoms with Crippen molar-refractivity contribution in [1.29, 1.82) is 0 Å². The number of allylic oxidation sites excluding steroid dienone is 5. The van der Waals surface area contributed by atoms with Gasteiger partial charge in [0.25, 0.3) is 0 Å². The van der Waals surface area contributed by atoms with E-state index in [9.17, 15) is 0 Å². The number of fused-ring (bicyclic) bond motifs is 4. The Morgan fingerprint density at radius 1 is 0.660 bits per heavy atom. The molecule has 3 nitrogen and oxygen atoms in total. The van der Waals surface area contributed by atoms with Gasteiger partial charge in [-0.1, -0.05) is 97.6 Å². The van der Waals surface area contributed by atoms with E-state index in [2.05, 4.69) is 162 Å². The minimum absolute atomic E-state index is 0.897. The topological polar surface area (TPSA) is 19.6 Å². The number of anilines is 3. The summed E-state index contributed by atoms with van der Waals surface area (Å²) in [4.78, 5) is 4.84. The van der Waals surface area contributed by atoms with E-state index < -0.39 is 0 Å². The second-order valence-corrected chi connectivity index (χ2v) is 13.4. The third kappa shape index (κ3) is 5.23. The van der Waals surface area contributed by atoms with Crippen LogP contribution in [-0.2, 0) is 0 Å². The maximum absolute atomic E-state index is 6.50. The fourth-order valence-electron chi connectivity index (χ4n) is 7.78. The summed E-state index contributed by atoms with van der Waals surface area (Å²) in [6.45, 7) is 6.89. The first kappa shape index (κ1) is 30.0. The van der Waals surface area contributed by atoms with Gasteiger partial charge in [-0.25, -0.2) is 0 Å². The van der Waals surface area contributed by atoms with Crippen LogP contribution in [0.3, 0.4) is 0 Å². The van der Waals surface area contributed by atoms with Gasteiger partial charge in [0.2, 0.25) is 0 Å². The highest BCUT2D eigenvalue weighted by molar-refractivity contribution is 6.07. The molecule has 0 spiro atoms.